The minimum Gasteiger partial charge on any atom is -0.492 e. The van der Waals surface area contributed by atoms with E-state index in [9.17, 15) is 4.79 Å². The molecule has 1 aromatic carbocycles. The summed E-state index contributed by atoms with van der Waals surface area (Å²) in [4.78, 5) is 11.9. The Morgan fingerprint density at radius 3 is 2.68 bits per heavy atom. The maximum Gasteiger partial charge on any atom is 0.262 e. The van der Waals surface area contributed by atoms with E-state index in [0.717, 1.165) is 0 Å². The minimum atomic E-state index is -0.401. The van der Waals surface area contributed by atoms with Crippen LogP contribution >= 0.6 is 15.9 Å². The van der Waals surface area contributed by atoms with Crippen LogP contribution < -0.4 is 14.8 Å². The van der Waals surface area contributed by atoms with Gasteiger partial charge in [0.05, 0.1) is 18.2 Å². The Hall–Kier alpha value is -2.00. The molecule has 0 aliphatic heterocycles. The van der Waals surface area contributed by atoms with Crippen LogP contribution in [0.1, 0.15) is 26.3 Å². The SMILES string of the molecule is CCOc1cc(C=C(C#N)C(=O)NC(C)C)cc(Br)c1OC. The number of hydrogen-bond donors (Lipinski definition) is 1. The van der Waals surface area contributed by atoms with E-state index in [1.165, 1.54) is 6.08 Å². The van der Waals surface area contributed by atoms with Gasteiger partial charge < -0.3 is 14.8 Å². The Labute approximate surface area is 139 Å². The first kappa shape index (κ1) is 18.1. The molecule has 6 heteroatoms. The van der Waals surface area contributed by atoms with Crippen molar-refractivity contribution in [2.24, 2.45) is 0 Å². The second kappa shape index (κ2) is 8.44. The van der Waals surface area contributed by atoms with Crippen molar-refractivity contribution in [3.63, 3.8) is 0 Å². The maximum absolute atomic E-state index is 11.9. The molecule has 0 saturated carbocycles. The number of methoxy groups -OCH3 is 1. The van der Waals surface area contributed by atoms with Gasteiger partial charge in [-0.15, -0.1) is 0 Å². The summed E-state index contributed by atoms with van der Waals surface area (Å²) in [6.45, 7) is 6.02. The topological polar surface area (TPSA) is 71.3 Å². The lowest BCUT2D eigenvalue weighted by atomic mass is 10.1. The van der Waals surface area contributed by atoms with Gasteiger partial charge in [-0.3, -0.25) is 4.79 Å². The van der Waals surface area contributed by atoms with E-state index in [1.807, 2.05) is 26.8 Å². The predicted molar refractivity (Wildman–Crippen MR) is 88.7 cm³/mol. The molecule has 0 unspecified atom stereocenters. The highest BCUT2D eigenvalue weighted by Crippen LogP contribution is 2.37. The van der Waals surface area contributed by atoms with Gasteiger partial charge in [-0.2, -0.15) is 5.26 Å². The van der Waals surface area contributed by atoms with Crippen LogP contribution in [-0.2, 0) is 4.79 Å². The molecular formula is C16H19BrN2O3. The molecule has 0 heterocycles. The van der Waals surface area contributed by atoms with Crippen LogP contribution in [0.3, 0.4) is 0 Å². The van der Waals surface area contributed by atoms with E-state index >= 15 is 0 Å². The van der Waals surface area contributed by atoms with Gasteiger partial charge in [0.2, 0.25) is 0 Å². The zero-order valence-corrected chi connectivity index (χ0v) is 14.7. The number of ether oxygens (including phenoxy) is 2. The Morgan fingerprint density at radius 1 is 1.50 bits per heavy atom. The minimum absolute atomic E-state index is 0.0354. The summed E-state index contributed by atoms with van der Waals surface area (Å²) in [5.41, 5.74) is 0.708. The van der Waals surface area contributed by atoms with Crippen molar-refractivity contribution < 1.29 is 14.3 Å². The van der Waals surface area contributed by atoms with Crippen LogP contribution in [-0.4, -0.2) is 25.7 Å². The standard InChI is InChI=1S/C16H19BrN2O3/c1-5-22-14-8-11(7-13(17)15(14)21-4)6-12(9-18)16(20)19-10(2)3/h6-8,10H,5H2,1-4H3,(H,19,20). The first-order chi connectivity index (χ1) is 10.4. The van der Waals surface area contributed by atoms with E-state index in [2.05, 4.69) is 21.2 Å². The van der Waals surface area contributed by atoms with E-state index in [-0.39, 0.29) is 11.6 Å². The summed E-state index contributed by atoms with van der Waals surface area (Å²) in [6.07, 6.45) is 1.52. The van der Waals surface area contributed by atoms with Crippen molar-refractivity contribution in [1.82, 2.24) is 5.32 Å². The average Bonchev–Trinajstić information content (AvgIpc) is 2.44. The summed E-state index contributed by atoms with van der Waals surface area (Å²) in [5, 5.41) is 11.9. The third-order valence-electron chi connectivity index (χ3n) is 2.63. The van der Waals surface area contributed by atoms with Gasteiger partial charge >= 0.3 is 0 Å². The summed E-state index contributed by atoms with van der Waals surface area (Å²) in [6, 6.07) is 5.38. The Kier molecular flexibility index (Phi) is 6.93. The van der Waals surface area contributed by atoms with Crippen molar-refractivity contribution in [3.8, 4) is 17.6 Å². The molecule has 118 valence electrons. The number of hydrogen-bond acceptors (Lipinski definition) is 4. The van der Waals surface area contributed by atoms with Crippen molar-refractivity contribution in [2.75, 3.05) is 13.7 Å². The molecule has 1 N–H and O–H groups in total. The highest BCUT2D eigenvalue weighted by molar-refractivity contribution is 9.10. The van der Waals surface area contributed by atoms with Crippen LogP contribution in [0, 0.1) is 11.3 Å². The lowest BCUT2D eigenvalue weighted by molar-refractivity contribution is -0.117. The van der Waals surface area contributed by atoms with Crippen LogP contribution in [0.4, 0.5) is 0 Å². The summed E-state index contributed by atoms with van der Waals surface area (Å²) in [5.74, 6) is 0.721. The predicted octanol–water partition coefficient (Wildman–Crippen LogP) is 3.29. The van der Waals surface area contributed by atoms with Gasteiger partial charge in [0.15, 0.2) is 11.5 Å². The molecular weight excluding hydrogens is 348 g/mol. The molecule has 0 spiro atoms. The number of carbonyl (C=O) groups excluding carboxylic acids is 1. The average molecular weight is 367 g/mol. The number of rotatable bonds is 6. The van der Waals surface area contributed by atoms with Crippen LogP contribution in [0.25, 0.3) is 6.08 Å². The number of amides is 1. The molecule has 0 atom stereocenters. The smallest absolute Gasteiger partial charge is 0.262 e. The molecule has 0 aromatic heterocycles. The molecule has 1 amide bonds. The second-order valence-electron chi connectivity index (χ2n) is 4.77. The zero-order chi connectivity index (χ0) is 16.7. The Bertz CT molecular complexity index is 619. The number of benzene rings is 1. The van der Waals surface area contributed by atoms with Crippen molar-refractivity contribution in [3.05, 3.63) is 27.7 Å². The fraction of sp³-hybridized carbons (Fsp3) is 0.375. The normalized spacial score (nSPS) is 11.0. The van der Waals surface area contributed by atoms with Gasteiger partial charge in [0.25, 0.3) is 5.91 Å². The van der Waals surface area contributed by atoms with E-state index in [1.54, 1.807) is 19.2 Å². The van der Waals surface area contributed by atoms with Crippen molar-refractivity contribution in [2.45, 2.75) is 26.8 Å². The fourth-order valence-corrected chi connectivity index (χ4v) is 2.41. The summed E-state index contributed by atoms with van der Waals surface area (Å²) < 4.78 is 11.5. The first-order valence-electron chi connectivity index (χ1n) is 6.85. The molecule has 0 aliphatic carbocycles. The van der Waals surface area contributed by atoms with Gasteiger partial charge in [-0.1, -0.05) is 0 Å². The molecule has 1 rings (SSSR count). The lowest BCUT2D eigenvalue weighted by Gasteiger charge is -2.12. The monoisotopic (exact) mass is 366 g/mol. The second-order valence-corrected chi connectivity index (χ2v) is 5.62. The highest BCUT2D eigenvalue weighted by Gasteiger charge is 2.13. The molecule has 22 heavy (non-hydrogen) atoms. The molecule has 0 fully saturated rings. The molecule has 0 bridgehead atoms. The Balaban J connectivity index is 3.23. The van der Waals surface area contributed by atoms with E-state index in [0.29, 0.717) is 28.1 Å². The van der Waals surface area contributed by atoms with Gasteiger partial charge in [-0.05, 0) is 60.5 Å². The van der Waals surface area contributed by atoms with Gasteiger partial charge in [0, 0.05) is 6.04 Å². The van der Waals surface area contributed by atoms with Crippen LogP contribution in [0.2, 0.25) is 0 Å². The van der Waals surface area contributed by atoms with E-state index in [4.69, 9.17) is 14.7 Å². The molecule has 0 aliphatic rings. The third kappa shape index (κ3) is 4.78. The fourth-order valence-electron chi connectivity index (χ4n) is 1.79. The molecule has 0 radical (unpaired) electrons. The highest BCUT2D eigenvalue weighted by atomic mass is 79.9. The summed E-state index contributed by atoms with van der Waals surface area (Å²) in [7, 11) is 1.55. The van der Waals surface area contributed by atoms with Gasteiger partial charge in [0.1, 0.15) is 11.6 Å². The third-order valence-corrected chi connectivity index (χ3v) is 3.22. The summed E-state index contributed by atoms with van der Waals surface area (Å²) >= 11 is 3.40. The van der Waals surface area contributed by atoms with Gasteiger partial charge in [-0.25, -0.2) is 0 Å². The lowest BCUT2D eigenvalue weighted by Crippen LogP contribution is -2.30. The first-order valence-corrected chi connectivity index (χ1v) is 7.65. The number of nitriles is 1. The molecule has 5 nitrogen and oxygen atoms in total. The quantitative estimate of drug-likeness (QED) is 0.619. The number of nitrogens with zero attached hydrogens (tertiary/aromatic N) is 1. The van der Waals surface area contributed by atoms with Crippen LogP contribution in [0.5, 0.6) is 11.5 Å². The van der Waals surface area contributed by atoms with Crippen LogP contribution in [0.15, 0.2) is 22.2 Å². The number of carbonyl (C=O) groups is 1. The molecule has 1 aromatic rings. The zero-order valence-electron chi connectivity index (χ0n) is 13.1. The van der Waals surface area contributed by atoms with E-state index < -0.39 is 5.91 Å². The number of nitrogens with one attached hydrogen (secondary N) is 1. The largest absolute Gasteiger partial charge is 0.492 e. The van der Waals surface area contributed by atoms with Crippen molar-refractivity contribution in [1.29, 1.82) is 5.26 Å². The van der Waals surface area contributed by atoms with Crippen molar-refractivity contribution >= 4 is 27.9 Å². The molecule has 0 saturated heterocycles. The number of halogens is 1. The Morgan fingerprint density at radius 2 is 2.18 bits per heavy atom. The maximum atomic E-state index is 11.9.